The van der Waals surface area contributed by atoms with Crippen molar-refractivity contribution in [1.82, 2.24) is 0 Å². The van der Waals surface area contributed by atoms with E-state index in [1.54, 1.807) is 0 Å². The number of rotatable bonds is 35. The van der Waals surface area contributed by atoms with Gasteiger partial charge in [-0.25, -0.2) is 4.57 Å². The highest BCUT2D eigenvalue weighted by atomic mass is 31.2. The van der Waals surface area contributed by atoms with Gasteiger partial charge in [-0.15, -0.1) is 0 Å². The Hall–Kier alpha value is -1.58. The summed E-state index contributed by atoms with van der Waals surface area (Å²) < 4.78 is 33.1. The summed E-state index contributed by atoms with van der Waals surface area (Å²) in [6.07, 6.45) is 36.4. The molecule has 0 aromatic heterocycles. The summed E-state index contributed by atoms with van der Waals surface area (Å²) in [6.45, 7) is 3.29. The Balaban J connectivity index is 4.31. The van der Waals surface area contributed by atoms with E-state index in [9.17, 15) is 19.4 Å². The first-order valence-electron chi connectivity index (χ1n) is 18.6. The first-order valence-corrected chi connectivity index (χ1v) is 20.1. The molecule has 0 aliphatic carbocycles. The van der Waals surface area contributed by atoms with Crippen LogP contribution in [-0.2, 0) is 27.9 Å². The molecule has 0 fully saturated rings. The van der Waals surface area contributed by atoms with E-state index in [0.717, 1.165) is 70.6 Å². The van der Waals surface area contributed by atoms with E-state index in [2.05, 4.69) is 62.5 Å². The predicted octanol–water partition coefficient (Wildman–Crippen LogP) is 9.47. The van der Waals surface area contributed by atoms with Gasteiger partial charge in [-0.3, -0.25) is 13.8 Å². The van der Waals surface area contributed by atoms with Gasteiger partial charge < -0.3 is 24.6 Å². The van der Waals surface area contributed by atoms with Gasteiger partial charge in [0.25, 0.3) is 0 Å². The number of hydrogen-bond donors (Lipinski definition) is 3. The van der Waals surface area contributed by atoms with Crippen LogP contribution in [0.1, 0.15) is 142 Å². The van der Waals surface area contributed by atoms with Crippen LogP contribution in [0.2, 0.25) is 0 Å². The zero-order valence-corrected chi connectivity index (χ0v) is 31.1. The maximum absolute atomic E-state index is 12.5. The highest BCUT2D eigenvalue weighted by Gasteiger charge is 2.26. The van der Waals surface area contributed by atoms with Crippen molar-refractivity contribution in [3.63, 3.8) is 0 Å². The van der Waals surface area contributed by atoms with Crippen LogP contribution in [0.25, 0.3) is 0 Å². The van der Waals surface area contributed by atoms with Crippen molar-refractivity contribution in [3.8, 4) is 0 Å². The lowest BCUT2D eigenvalue weighted by Crippen LogP contribution is -2.29. The van der Waals surface area contributed by atoms with Crippen LogP contribution in [0.15, 0.2) is 48.6 Å². The number of allylic oxidation sites excluding steroid dienone is 8. The predicted molar refractivity (Wildman–Crippen MR) is 196 cm³/mol. The molecule has 0 heterocycles. The molecule has 0 aliphatic heterocycles. The molecule has 0 aromatic rings. The van der Waals surface area contributed by atoms with Crippen molar-refractivity contribution in [1.29, 1.82) is 0 Å². The van der Waals surface area contributed by atoms with Crippen molar-refractivity contribution in [3.05, 3.63) is 48.6 Å². The summed E-state index contributed by atoms with van der Waals surface area (Å²) in [6, 6.07) is 0. The van der Waals surface area contributed by atoms with Gasteiger partial charge in [0, 0.05) is 13.0 Å². The van der Waals surface area contributed by atoms with E-state index < -0.39 is 45.8 Å². The molecule has 0 aromatic carbocycles. The molecule has 48 heavy (non-hydrogen) atoms. The van der Waals surface area contributed by atoms with Gasteiger partial charge in [-0.1, -0.05) is 133 Å². The van der Waals surface area contributed by atoms with Crippen LogP contribution in [0.3, 0.4) is 0 Å². The van der Waals surface area contributed by atoms with E-state index in [1.165, 1.54) is 51.4 Å². The topological polar surface area (TPSA) is 132 Å². The third-order valence-corrected chi connectivity index (χ3v) is 8.48. The number of hydrogen-bond acceptors (Lipinski definition) is 8. The van der Waals surface area contributed by atoms with Crippen molar-refractivity contribution in [2.75, 3.05) is 33.0 Å². The highest BCUT2D eigenvalue weighted by molar-refractivity contribution is 7.47. The van der Waals surface area contributed by atoms with Crippen LogP contribution < -0.4 is 0 Å². The normalized spacial score (nSPS) is 14.9. The first kappa shape index (κ1) is 46.4. The van der Waals surface area contributed by atoms with Crippen LogP contribution in [0.4, 0.5) is 0 Å². The average molecular weight is 701 g/mol. The van der Waals surface area contributed by atoms with Crippen molar-refractivity contribution < 1.29 is 43.0 Å². The van der Waals surface area contributed by atoms with Crippen LogP contribution in [0, 0.1) is 0 Å². The van der Waals surface area contributed by atoms with E-state index in [0.29, 0.717) is 6.61 Å². The molecule has 0 rings (SSSR count). The molecule has 0 amide bonds. The third-order valence-electron chi connectivity index (χ3n) is 7.53. The number of aliphatic hydroxyl groups is 2. The molecule has 3 N–H and O–H groups in total. The average Bonchev–Trinajstić information content (AvgIpc) is 3.07. The fraction of sp³-hybridized carbons (Fsp3) is 0.763. The van der Waals surface area contributed by atoms with E-state index in [-0.39, 0.29) is 13.0 Å². The summed E-state index contributed by atoms with van der Waals surface area (Å²) in [7, 11) is -4.52. The molecule has 280 valence electrons. The highest BCUT2D eigenvalue weighted by Crippen LogP contribution is 2.43. The second-order valence-corrected chi connectivity index (χ2v) is 13.7. The largest absolute Gasteiger partial charge is 0.472 e. The number of ether oxygens (including phenoxy) is 2. The summed E-state index contributed by atoms with van der Waals surface area (Å²) in [5.41, 5.74) is 0. The van der Waals surface area contributed by atoms with Gasteiger partial charge in [0.05, 0.1) is 26.4 Å². The molecule has 9 nitrogen and oxygen atoms in total. The van der Waals surface area contributed by atoms with Gasteiger partial charge in [-0.2, -0.15) is 0 Å². The number of aliphatic hydroxyl groups excluding tert-OH is 2. The van der Waals surface area contributed by atoms with Gasteiger partial charge in [0.1, 0.15) is 12.2 Å². The SMILES string of the molecule is CC/C=C\C/C=C\C/C=C\C/C=C\CCCCCOCC(COP(=O)(O)OCC(O)CO)OC(=O)CCCCCCCCCCCCC. The summed E-state index contributed by atoms with van der Waals surface area (Å²) >= 11 is 0. The van der Waals surface area contributed by atoms with Gasteiger partial charge >= 0.3 is 13.8 Å². The number of esters is 1. The van der Waals surface area contributed by atoms with E-state index in [1.807, 2.05) is 0 Å². The molecule has 0 radical (unpaired) electrons. The van der Waals surface area contributed by atoms with Crippen LogP contribution >= 0.6 is 7.82 Å². The zero-order chi connectivity index (χ0) is 35.4. The minimum absolute atomic E-state index is 0.0279. The fourth-order valence-electron chi connectivity index (χ4n) is 4.70. The molecule has 0 spiro atoms. The summed E-state index contributed by atoms with van der Waals surface area (Å²) in [5, 5.41) is 18.3. The Kier molecular flexibility index (Phi) is 34.1. The molecular formula is C38H69O9P. The first-order chi connectivity index (χ1) is 23.3. The number of carbonyl (C=O) groups is 1. The Labute approximate surface area is 292 Å². The Morgan fingerprint density at radius 2 is 1.19 bits per heavy atom. The van der Waals surface area contributed by atoms with Gasteiger partial charge in [-0.05, 0) is 51.4 Å². The lowest BCUT2D eigenvalue weighted by atomic mass is 10.1. The quantitative estimate of drug-likeness (QED) is 0.0256. The molecule has 0 saturated heterocycles. The van der Waals surface area contributed by atoms with E-state index >= 15 is 0 Å². The third kappa shape index (κ3) is 34.3. The lowest BCUT2D eigenvalue weighted by molar-refractivity contribution is -0.154. The number of phosphoric acid groups is 1. The van der Waals surface area contributed by atoms with Crippen molar-refractivity contribution in [2.24, 2.45) is 0 Å². The Morgan fingerprint density at radius 1 is 0.667 bits per heavy atom. The van der Waals surface area contributed by atoms with Gasteiger partial charge in [0.2, 0.25) is 0 Å². The van der Waals surface area contributed by atoms with Gasteiger partial charge in [0.15, 0.2) is 0 Å². The minimum Gasteiger partial charge on any atom is -0.457 e. The monoisotopic (exact) mass is 700 g/mol. The fourth-order valence-corrected chi connectivity index (χ4v) is 5.49. The standard InChI is InChI=1S/C38H69O9P/c1-3-5-7-9-11-13-15-16-17-18-19-21-23-25-27-29-31-44-34-37(35-46-48(42,43)45-33-36(40)32-39)47-38(41)30-28-26-24-22-20-14-12-10-8-6-4-2/h5,7,11,13,16-17,19,21,36-37,39-40H,3-4,6,8-10,12,14-15,18,20,22-35H2,1-2H3,(H,42,43)/b7-5-,13-11-,17-16-,21-19-. The Bertz CT molecular complexity index is 887. The zero-order valence-electron chi connectivity index (χ0n) is 30.2. The van der Waals surface area contributed by atoms with Crippen molar-refractivity contribution in [2.45, 2.75) is 154 Å². The molecule has 0 aliphatic rings. The smallest absolute Gasteiger partial charge is 0.457 e. The Morgan fingerprint density at radius 3 is 1.77 bits per heavy atom. The molecule has 3 unspecified atom stereocenters. The van der Waals surface area contributed by atoms with Crippen molar-refractivity contribution >= 4 is 13.8 Å². The number of phosphoric ester groups is 1. The second-order valence-electron chi connectivity index (χ2n) is 12.2. The van der Waals surface area contributed by atoms with Crippen LogP contribution in [0.5, 0.6) is 0 Å². The molecule has 0 bridgehead atoms. The number of unbranched alkanes of at least 4 members (excludes halogenated alkanes) is 13. The molecule has 3 atom stereocenters. The van der Waals surface area contributed by atoms with E-state index in [4.69, 9.17) is 23.6 Å². The minimum atomic E-state index is -4.52. The molecule has 10 heteroatoms. The number of carbonyl (C=O) groups excluding carboxylic acids is 1. The van der Waals surface area contributed by atoms with Crippen LogP contribution in [-0.4, -0.2) is 66.3 Å². The lowest BCUT2D eigenvalue weighted by Gasteiger charge is -2.20. The molecular weight excluding hydrogens is 631 g/mol. The summed E-state index contributed by atoms with van der Waals surface area (Å²) in [5.74, 6) is -0.398. The maximum atomic E-state index is 12.5. The summed E-state index contributed by atoms with van der Waals surface area (Å²) in [4.78, 5) is 22.4. The maximum Gasteiger partial charge on any atom is 0.472 e. The second kappa shape index (κ2) is 35.3. The molecule has 0 saturated carbocycles.